The first kappa shape index (κ1) is 17.6. The lowest BCUT2D eigenvalue weighted by atomic mass is 9.32. The van der Waals surface area contributed by atoms with E-state index in [1.165, 1.54) is 44.1 Å². The molecule has 8 rings (SSSR count). The van der Waals surface area contributed by atoms with E-state index < -0.39 is 0 Å². The number of ether oxygens (including phenoxy) is 1. The first-order valence-electron chi connectivity index (χ1n) is 11.2. The zero-order valence-electron chi connectivity index (χ0n) is 17.6. The second-order valence-corrected chi connectivity index (χ2v) is 9.51. The number of anilines is 6. The molecule has 0 saturated heterocycles. The van der Waals surface area contributed by atoms with E-state index in [9.17, 15) is 0 Å². The first-order chi connectivity index (χ1) is 16.4. The minimum absolute atomic E-state index is 0.151. The van der Waals surface area contributed by atoms with E-state index in [2.05, 4.69) is 112 Å². The number of para-hydroxylation sites is 1. The lowest BCUT2D eigenvalue weighted by Crippen LogP contribution is -2.63. The first-order valence-corrected chi connectivity index (χ1v) is 12.0. The smallest absolute Gasteiger partial charge is 0.261 e. The highest BCUT2D eigenvalue weighted by Crippen LogP contribution is 2.48. The van der Waals surface area contributed by atoms with Gasteiger partial charge >= 0.3 is 0 Å². The van der Waals surface area contributed by atoms with Crippen LogP contribution in [0.4, 0.5) is 33.4 Å². The summed E-state index contributed by atoms with van der Waals surface area (Å²) >= 11 is 1.76. The van der Waals surface area contributed by atoms with Crippen molar-refractivity contribution in [3.63, 3.8) is 0 Å². The molecule has 0 fully saturated rings. The molecule has 0 saturated carbocycles. The van der Waals surface area contributed by atoms with Crippen LogP contribution in [0.3, 0.4) is 0 Å². The Morgan fingerprint density at radius 2 is 1.15 bits per heavy atom. The summed E-state index contributed by atoms with van der Waals surface area (Å²) in [7, 11) is 0. The third kappa shape index (κ3) is 2.20. The molecule has 0 bridgehead atoms. The molecule has 0 unspecified atom stereocenters. The predicted molar refractivity (Wildman–Crippen MR) is 138 cm³/mol. The van der Waals surface area contributed by atoms with E-state index in [0.29, 0.717) is 0 Å². The maximum Gasteiger partial charge on any atom is 0.261 e. The van der Waals surface area contributed by atoms with Crippen LogP contribution in [0.1, 0.15) is 0 Å². The highest BCUT2D eigenvalue weighted by atomic mass is 32.1. The van der Waals surface area contributed by atoms with Gasteiger partial charge in [-0.1, -0.05) is 36.4 Å². The Morgan fingerprint density at radius 1 is 0.545 bits per heavy atom. The van der Waals surface area contributed by atoms with Crippen LogP contribution in [0.5, 0.6) is 11.5 Å². The fraction of sp³-hybridized carbons (Fsp3) is 0. The lowest BCUT2D eigenvalue weighted by molar-refractivity contribution is 0.487. The third-order valence-corrected chi connectivity index (χ3v) is 7.79. The van der Waals surface area contributed by atoms with Crippen molar-refractivity contribution in [2.24, 2.45) is 0 Å². The topological polar surface area (TPSA) is 15.7 Å². The molecule has 4 aromatic carbocycles. The van der Waals surface area contributed by atoms with Gasteiger partial charge in [-0.15, -0.1) is 11.3 Å². The van der Waals surface area contributed by atoms with Crippen molar-refractivity contribution in [2.45, 2.75) is 0 Å². The molecule has 0 N–H and O–H groups in total. The zero-order valence-corrected chi connectivity index (χ0v) is 18.4. The second-order valence-electron chi connectivity index (χ2n) is 8.58. The van der Waals surface area contributed by atoms with Crippen molar-refractivity contribution in [3.8, 4) is 11.5 Å². The third-order valence-electron chi connectivity index (χ3n) is 6.94. The maximum atomic E-state index is 6.55. The SMILES string of the molecule is c1ccc(N2c3cccc4c3B3c5c(cccc5N(c5cccs5)c5cccc2c53)O4)cc1. The van der Waals surface area contributed by atoms with Gasteiger partial charge in [-0.2, -0.15) is 0 Å². The van der Waals surface area contributed by atoms with Gasteiger partial charge in [0.2, 0.25) is 0 Å². The number of thiophene rings is 1. The van der Waals surface area contributed by atoms with Crippen molar-refractivity contribution in [2.75, 3.05) is 9.80 Å². The van der Waals surface area contributed by atoms with Crippen LogP contribution in [0.25, 0.3) is 0 Å². The Labute approximate surface area is 196 Å². The standard InChI is InChI=1S/C28H17BN2OS/c1-2-8-18(9-3-1)30-19-10-4-11-20-26(19)29-27-21(30)12-5-14-23(27)32-24-15-6-13-22(28(24)29)31(20)25-16-7-17-33-25/h1-17H. The van der Waals surface area contributed by atoms with Crippen molar-refractivity contribution in [3.05, 3.63) is 102 Å². The summed E-state index contributed by atoms with van der Waals surface area (Å²) in [5.41, 5.74) is 9.90. The van der Waals surface area contributed by atoms with Crippen LogP contribution < -0.4 is 30.9 Å². The van der Waals surface area contributed by atoms with Crippen molar-refractivity contribution in [1.29, 1.82) is 0 Å². The van der Waals surface area contributed by atoms with Gasteiger partial charge < -0.3 is 14.5 Å². The van der Waals surface area contributed by atoms with Crippen molar-refractivity contribution >= 4 is 67.9 Å². The molecule has 0 atom stereocenters. The van der Waals surface area contributed by atoms with Gasteiger partial charge in [0.15, 0.2) is 0 Å². The summed E-state index contributed by atoms with van der Waals surface area (Å²) in [4.78, 5) is 4.80. The van der Waals surface area contributed by atoms with Crippen LogP contribution in [0.2, 0.25) is 0 Å². The highest BCUT2D eigenvalue weighted by molar-refractivity contribution is 7.14. The molecular weight excluding hydrogens is 423 g/mol. The number of nitrogens with zero attached hydrogens (tertiary/aromatic N) is 2. The fourth-order valence-corrected chi connectivity index (χ4v) is 6.50. The Kier molecular flexibility index (Phi) is 3.36. The molecule has 0 spiro atoms. The molecule has 4 heterocycles. The quantitative estimate of drug-likeness (QED) is 0.310. The van der Waals surface area contributed by atoms with E-state index >= 15 is 0 Å². The Morgan fingerprint density at radius 3 is 1.82 bits per heavy atom. The molecule has 3 aliphatic heterocycles. The summed E-state index contributed by atoms with van der Waals surface area (Å²) in [6.45, 7) is 0.151. The van der Waals surface area contributed by atoms with Gasteiger partial charge in [-0.3, -0.25) is 0 Å². The van der Waals surface area contributed by atoms with Gasteiger partial charge in [0.1, 0.15) is 11.5 Å². The zero-order chi connectivity index (χ0) is 21.5. The van der Waals surface area contributed by atoms with Crippen molar-refractivity contribution in [1.82, 2.24) is 0 Å². The minimum atomic E-state index is 0.151. The summed E-state index contributed by atoms with van der Waals surface area (Å²) < 4.78 is 6.55. The summed E-state index contributed by atoms with van der Waals surface area (Å²) in [6.07, 6.45) is 0. The fourth-order valence-electron chi connectivity index (χ4n) is 5.74. The van der Waals surface area contributed by atoms with Crippen LogP contribution in [-0.2, 0) is 0 Å². The Bertz CT molecular complexity index is 1560. The molecule has 154 valence electrons. The van der Waals surface area contributed by atoms with Crippen LogP contribution in [-0.4, -0.2) is 6.71 Å². The lowest BCUT2D eigenvalue weighted by Gasteiger charge is -2.45. The number of benzene rings is 4. The van der Waals surface area contributed by atoms with E-state index in [0.717, 1.165) is 17.2 Å². The highest BCUT2D eigenvalue weighted by Gasteiger charge is 2.48. The van der Waals surface area contributed by atoms with Gasteiger partial charge in [-0.05, 0) is 82.4 Å². The van der Waals surface area contributed by atoms with E-state index in [1.807, 2.05) is 0 Å². The van der Waals surface area contributed by atoms with Gasteiger partial charge in [-0.25, -0.2) is 0 Å². The van der Waals surface area contributed by atoms with E-state index in [1.54, 1.807) is 11.3 Å². The number of hydrogen-bond acceptors (Lipinski definition) is 4. The van der Waals surface area contributed by atoms with Crippen molar-refractivity contribution < 1.29 is 4.74 Å². The number of rotatable bonds is 2. The largest absolute Gasteiger partial charge is 0.458 e. The Hall–Kier alpha value is -3.96. The summed E-state index contributed by atoms with van der Waals surface area (Å²) in [6, 6.07) is 34.6. The van der Waals surface area contributed by atoms with Crippen LogP contribution >= 0.6 is 11.3 Å². The average Bonchev–Trinajstić information content (AvgIpc) is 3.39. The molecule has 0 radical (unpaired) electrons. The van der Waals surface area contributed by atoms with Gasteiger partial charge in [0.25, 0.3) is 6.71 Å². The summed E-state index contributed by atoms with van der Waals surface area (Å²) in [5.74, 6) is 1.91. The second kappa shape index (κ2) is 6.30. The normalized spacial score (nSPS) is 14.1. The van der Waals surface area contributed by atoms with E-state index in [4.69, 9.17) is 4.74 Å². The Balaban J connectivity index is 1.52. The van der Waals surface area contributed by atoms with Gasteiger partial charge in [0.05, 0.1) is 5.00 Å². The molecule has 0 amide bonds. The molecule has 3 aliphatic rings. The molecular formula is C28H17BN2OS. The molecule has 33 heavy (non-hydrogen) atoms. The van der Waals surface area contributed by atoms with Crippen LogP contribution in [0, 0.1) is 0 Å². The monoisotopic (exact) mass is 440 g/mol. The van der Waals surface area contributed by atoms with Crippen LogP contribution in [0.15, 0.2) is 102 Å². The van der Waals surface area contributed by atoms with Gasteiger partial charge in [0, 0.05) is 28.4 Å². The maximum absolute atomic E-state index is 6.55. The molecule has 5 aromatic rings. The molecule has 3 nitrogen and oxygen atoms in total. The molecule has 0 aliphatic carbocycles. The molecule has 5 heteroatoms. The minimum Gasteiger partial charge on any atom is -0.458 e. The average molecular weight is 440 g/mol. The van der Waals surface area contributed by atoms with E-state index in [-0.39, 0.29) is 6.71 Å². The predicted octanol–water partition coefficient (Wildman–Crippen LogP) is 5.94. The summed E-state index contributed by atoms with van der Waals surface area (Å²) in [5, 5.41) is 3.36. The number of hydrogen-bond donors (Lipinski definition) is 0. The molecule has 1 aromatic heterocycles.